The van der Waals surface area contributed by atoms with Gasteiger partial charge >= 0.3 is 0 Å². The number of hydrogen-bond donors (Lipinski definition) is 1. The van der Waals surface area contributed by atoms with Crippen molar-refractivity contribution in [3.63, 3.8) is 0 Å². The van der Waals surface area contributed by atoms with Crippen LogP contribution in [0.15, 0.2) is 71.6 Å². The second-order valence-corrected chi connectivity index (χ2v) is 10.2. The Morgan fingerprint density at radius 3 is 2.35 bits per heavy atom. The van der Waals surface area contributed by atoms with Crippen LogP contribution in [0.3, 0.4) is 0 Å². The molecule has 1 saturated heterocycles. The summed E-state index contributed by atoms with van der Waals surface area (Å²) in [6.45, 7) is 2.89. The average Bonchev–Trinajstić information content (AvgIpc) is 2.85. The molecule has 4 rings (SSSR count). The first-order valence-electron chi connectivity index (χ1n) is 10.7. The Balaban J connectivity index is 1.65. The highest BCUT2D eigenvalue weighted by molar-refractivity contribution is 7.89. The van der Waals surface area contributed by atoms with Gasteiger partial charge < -0.3 is 10.1 Å². The van der Waals surface area contributed by atoms with Crippen molar-refractivity contribution in [2.24, 2.45) is 0 Å². The maximum atomic E-state index is 13.2. The van der Waals surface area contributed by atoms with Gasteiger partial charge in [0.2, 0.25) is 10.0 Å². The van der Waals surface area contributed by atoms with Crippen molar-refractivity contribution in [2.45, 2.75) is 11.8 Å². The summed E-state index contributed by atoms with van der Waals surface area (Å²) < 4.78 is 32.7. The molecule has 3 aromatic rings. The molecule has 176 valence electrons. The second-order valence-electron chi connectivity index (χ2n) is 7.83. The lowest BCUT2D eigenvalue weighted by Crippen LogP contribution is -2.40. The highest BCUT2D eigenvalue weighted by Crippen LogP contribution is 2.26. The van der Waals surface area contributed by atoms with Crippen LogP contribution in [0.5, 0.6) is 0 Å². The normalized spacial score (nSPS) is 14.5. The zero-order valence-electron chi connectivity index (χ0n) is 18.5. The van der Waals surface area contributed by atoms with Crippen molar-refractivity contribution in [1.82, 2.24) is 4.31 Å². The van der Waals surface area contributed by atoms with Crippen molar-refractivity contribution in [3.8, 4) is 0 Å². The molecule has 34 heavy (non-hydrogen) atoms. The minimum atomic E-state index is -3.77. The molecule has 0 radical (unpaired) electrons. The predicted molar refractivity (Wildman–Crippen MR) is 130 cm³/mol. The molecule has 0 bridgehead atoms. The maximum Gasteiger partial charge on any atom is 0.255 e. The number of carbonyl (C=O) groups is 2. The van der Waals surface area contributed by atoms with E-state index in [4.69, 9.17) is 16.3 Å². The molecule has 0 saturated carbocycles. The summed E-state index contributed by atoms with van der Waals surface area (Å²) in [5.74, 6) is -0.820. The summed E-state index contributed by atoms with van der Waals surface area (Å²) in [7, 11) is -3.77. The third kappa shape index (κ3) is 5.05. The molecule has 1 N–H and O–H groups in total. The largest absolute Gasteiger partial charge is 0.379 e. The molecule has 1 fully saturated rings. The van der Waals surface area contributed by atoms with Gasteiger partial charge in [0, 0.05) is 34.8 Å². The number of ketones is 1. The van der Waals surface area contributed by atoms with Gasteiger partial charge in [-0.3, -0.25) is 9.59 Å². The van der Waals surface area contributed by atoms with E-state index in [9.17, 15) is 18.0 Å². The lowest BCUT2D eigenvalue weighted by molar-refractivity contribution is 0.0730. The van der Waals surface area contributed by atoms with Crippen LogP contribution >= 0.6 is 11.6 Å². The molecule has 3 aromatic carbocycles. The van der Waals surface area contributed by atoms with Crippen LogP contribution in [0, 0.1) is 6.92 Å². The summed E-state index contributed by atoms with van der Waals surface area (Å²) >= 11 is 6.13. The number of ether oxygens (including phenoxy) is 1. The van der Waals surface area contributed by atoms with Crippen molar-refractivity contribution < 1.29 is 22.7 Å². The van der Waals surface area contributed by atoms with E-state index in [0.717, 1.165) is 0 Å². The number of sulfonamides is 1. The van der Waals surface area contributed by atoms with Gasteiger partial charge in [0.15, 0.2) is 5.78 Å². The lowest BCUT2D eigenvalue weighted by Gasteiger charge is -2.26. The number of amides is 1. The molecular formula is C25H23ClN2O5S. The zero-order chi connectivity index (χ0) is 24.3. The molecule has 0 spiro atoms. The summed E-state index contributed by atoms with van der Waals surface area (Å²) in [6.07, 6.45) is 0. The third-order valence-corrected chi connectivity index (χ3v) is 7.70. The summed E-state index contributed by atoms with van der Waals surface area (Å²) in [4.78, 5) is 26.3. The number of nitrogens with zero attached hydrogens (tertiary/aromatic N) is 1. The first-order chi connectivity index (χ1) is 16.3. The number of rotatable bonds is 6. The van der Waals surface area contributed by atoms with E-state index in [0.29, 0.717) is 29.4 Å². The van der Waals surface area contributed by atoms with Crippen LogP contribution in [-0.2, 0) is 14.8 Å². The van der Waals surface area contributed by atoms with Crippen LogP contribution in [-0.4, -0.2) is 50.7 Å². The third-order valence-electron chi connectivity index (χ3n) is 5.57. The molecule has 1 aliphatic heterocycles. The number of benzene rings is 3. The first-order valence-corrected chi connectivity index (χ1v) is 12.5. The topological polar surface area (TPSA) is 92.8 Å². The molecule has 0 atom stereocenters. The van der Waals surface area contributed by atoms with Crippen LogP contribution in [0.4, 0.5) is 5.69 Å². The second kappa shape index (κ2) is 10.1. The average molecular weight is 499 g/mol. The lowest BCUT2D eigenvalue weighted by atomic mass is 10.0. The van der Waals surface area contributed by atoms with E-state index in [1.165, 1.54) is 22.5 Å². The molecule has 1 aliphatic rings. The molecule has 0 unspecified atom stereocenters. The fourth-order valence-electron chi connectivity index (χ4n) is 3.69. The van der Waals surface area contributed by atoms with Gasteiger partial charge in [-0.2, -0.15) is 4.31 Å². The van der Waals surface area contributed by atoms with Crippen LogP contribution in [0.2, 0.25) is 5.02 Å². The smallest absolute Gasteiger partial charge is 0.255 e. The van der Waals surface area contributed by atoms with E-state index >= 15 is 0 Å². The van der Waals surface area contributed by atoms with Crippen molar-refractivity contribution >= 4 is 39.0 Å². The molecule has 1 heterocycles. The van der Waals surface area contributed by atoms with E-state index in [1.807, 2.05) is 0 Å². The van der Waals surface area contributed by atoms with E-state index in [1.54, 1.807) is 55.5 Å². The first kappa shape index (κ1) is 24.1. The Hall–Kier alpha value is -3.04. The van der Waals surface area contributed by atoms with Gasteiger partial charge in [0.1, 0.15) is 0 Å². The van der Waals surface area contributed by atoms with Gasteiger partial charge in [-0.15, -0.1) is 0 Å². The maximum absolute atomic E-state index is 13.2. The fourth-order valence-corrected chi connectivity index (χ4v) is 5.30. The Morgan fingerprint density at radius 2 is 1.65 bits per heavy atom. The van der Waals surface area contributed by atoms with Gasteiger partial charge in [-0.1, -0.05) is 48.0 Å². The van der Waals surface area contributed by atoms with E-state index in [-0.39, 0.29) is 40.6 Å². The van der Waals surface area contributed by atoms with Crippen molar-refractivity contribution in [2.75, 3.05) is 31.6 Å². The highest BCUT2D eigenvalue weighted by atomic mass is 35.5. The minimum absolute atomic E-state index is 0.0295. The monoisotopic (exact) mass is 498 g/mol. The number of hydrogen-bond acceptors (Lipinski definition) is 5. The van der Waals surface area contributed by atoms with Gasteiger partial charge in [-0.25, -0.2) is 8.42 Å². The Kier molecular flexibility index (Phi) is 7.13. The quantitative estimate of drug-likeness (QED) is 0.515. The standard InChI is InChI=1S/C25H23ClN2O5S/c1-17-7-9-20(34(31,32)28-11-13-33-14-12-28)16-21(17)25(30)27-23-10-8-19(26)15-22(23)24(29)18-5-3-2-4-6-18/h2-10,15-16H,11-14H2,1H3,(H,27,30). The number of nitrogens with one attached hydrogen (secondary N) is 1. The number of aryl methyl sites for hydroxylation is 1. The zero-order valence-corrected chi connectivity index (χ0v) is 20.0. The molecule has 1 amide bonds. The molecule has 9 heteroatoms. The fraction of sp³-hybridized carbons (Fsp3) is 0.200. The van der Waals surface area contributed by atoms with Crippen LogP contribution in [0.25, 0.3) is 0 Å². The summed E-state index contributed by atoms with van der Waals surface area (Å²) in [5.41, 5.74) is 1.77. The summed E-state index contributed by atoms with van der Waals surface area (Å²) in [5, 5.41) is 3.11. The molecular weight excluding hydrogens is 476 g/mol. The molecule has 0 aliphatic carbocycles. The SMILES string of the molecule is Cc1ccc(S(=O)(=O)N2CCOCC2)cc1C(=O)Nc1ccc(Cl)cc1C(=O)c1ccccc1. The van der Waals surface area contributed by atoms with Crippen LogP contribution < -0.4 is 5.32 Å². The van der Waals surface area contributed by atoms with Crippen LogP contribution in [0.1, 0.15) is 31.8 Å². The van der Waals surface area contributed by atoms with Gasteiger partial charge in [0.25, 0.3) is 5.91 Å². The Bertz CT molecular complexity index is 1340. The predicted octanol–water partition coefficient (Wildman–Crippen LogP) is 4.15. The minimum Gasteiger partial charge on any atom is -0.379 e. The Morgan fingerprint density at radius 1 is 0.941 bits per heavy atom. The number of carbonyl (C=O) groups excluding carboxylic acids is 2. The number of anilines is 1. The number of morpholine rings is 1. The Labute approximate surface area is 203 Å². The van der Waals surface area contributed by atoms with Crippen molar-refractivity contribution in [3.05, 3.63) is 94.0 Å². The molecule has 0 aromatic heterocycles. The number of halogens is 1. The van der Waals surface area contributed by atoms with E-state index in [2.05, 4.69) is 5.32 Å². The van der Waals surface area contributed by atoms with Gasteiger partial charge in [-0.05, 0) is 42.8 Å². The van der Waals surface area contributed by atoms with E-state index < -0.39 is 15.9 Å². The highest BCUT2D eigenvalue weighted by Gasteiger charge is 2.27. The summed E-state index contributed by atoms with van der Waals surface area (Å²) in [6, 6.07) is 17.7. The van der Waals surface area contributed by atoms with Gasteiger partial charge in [0.05, 0.1) is 23.8 Å². The molecule has 7 nitrogen and oxygen atoms in total. The van der Waals surface area contributed by atoms with Crippen molar-refractivity contribution in [1.29, 1.82) is 0 Å².